The first-order valence-electron chi connectivity index (χ1n) is 4.52. The summed E-state index contributed by atoms with van der Waals surface area (Å²) in [6.45, 7) is 6.26. The number of nitrogens with zero attached hydrogens (tertiary/aromatic N) is 1. The lowest BCUT2D eigenvalue weighted by atomic mass is 10.2. The number of amides is 1. The van der Waals surface area contributed by atoms with Gasteiger partial charge in [-0.2, -0.15) is 0 Å². The molecule has 0 aromatic rings. The van der Waals surface area contributed by atoms with Crippen LogP contribution >= 0.6 is 0 Å². The number of carbonyl (C=O) groups is 1. The first kappa shape index (κ1) is 10.3. The van der Waals surface area contributed by atoms with Crippen LogP contribution in [0.5, 0.6) is 0 Å². The third-order valence-electron chi connectivity index (χ3n) is 1.80. The molecule has 0 unspecified atom stereocenters. The van der Waals surface area contributed by atoms with Gasteiger partial charge in [0, 0.05) is 6.54 Å². The van der Waals surface area contributed by atoms with E-state index in [-0.39, 0.29) is 12.6 Å². The molecule has 1 aliphatic rings. The minimum Gasteiger partial charge on any atom is -0.444 e. The van der Waals surface area contributed by atoms with E-state index in [9.17, 15) is 9.90 Å². The summed E-state index contributed by atoms with van der Waals surface area (Å²) in [6, 6.07) is 0. The van der Waals surface area contributed by atoms with Gasteiger partial charge in [-0.1, -0.05) is 0 Å². The smallest absolute Gasteiger partial charge is 0.410 e. The Kier molecular flexibility index (Phi) is 2.81. The largest absolute Gasteiger partial charge is 0.444 e. The molecule has 0 N–H and O–H groups in total. The summed E-state index contributed by atoms with van der Waals surface area (Å²) >= 11 is 0. The monoisotopic (exact) mass is 186 g/mol. The van der Waals surface area contributed by atoms with E-state index in [1.165, 1.54) is 4.90 Å². The molecule has 1 radical (unpaired) electrons. The standard InChI is InChI=1S/C9H16NO3/c1-9(2,3)13-8(12)10-5-4-7(11)6-10/h7H,4-6H2,1-3H3/t7-/m0/s1. The molecule has 4 heteroatoms. The Morgan fingerprint density at radius 1 is 1.46 bits per heavy atom. The van der Waals surface area contributed by atoms with Crippen LogP contribution in [-0.4, -0.2) is 35.8 Å². The van der Waals surface area contributed by atoms with Crippen LogP contribution in [0.25, 0.3) is 0 Å². The van der Waals surface area contributed by atoms with E-state index in [1.54, 1.807) is 0 Å². The van der Waals surface area contributed by atoms with Crippen LogP contribution in [0.4, 0.5) is 4.79 Å². The second kappa shape index (κ2) is 3.54. The molecule has 0 aromatic carbocycles. The van der Waals surface area contributed by atoms with E-state index in [1.807, 2.05) is 20.8 Å². The van der Waals surface area contributed by atoms with Gasteiger partial charge in [0.25, 0.3) is 0 Å². The Labute approximate surface area is 78.5 Å². The number of carbonyl (C=O) groups excluding carboxylic acids is 1. The van der Waals surface area contributed by atoms with Crippen LogP contribution in [-0.2, 0) is 9.84 Å². The fourth-order valence-electron chi connectivity index (χ4n) is 1.22. The van der Waals surface area contributed by atoms with Crippen molar-refractivity contribution in [1.29, 1.82) is 0 Å². The predicted molar refractivity (Wildman–Crippen MR) is 46.9 cm³/mol. The first-order chi connectivity index (χ1) is 5.88. The highest BCUT2D eigenvalue weighted by Gasteiger charge is 2.29. The van der Waals surface area contributed by atoms with Gasteiger partial charge in [0.05, 0.1) is 6.54 Å². The topological polar surface area (TPSA) is 49.4 Å². The van der Waals surface area contributed by atoms with Crippen molar-refractivity contribution >= 4 is 6.09 Å². The van der Waals surface area contributed by atoms with Crippen molar-refractivity contribution in [3.8, 4) is 0 Å². The van der Waals surface area contributed by atoms with Crippen molar-refractivity contribution in [2.75, 3.05) is 13.1 Å². The molecule has 0 saturated carbocycles. The summed E-state index contributed by atoms with van der Waals surface area (Å²) in [7, 11) is 0. The number of hydrogen-bond acceptors (Lipinski definition) is 2. The quantitative estimate of drug-likeness (QED) is 0.574. The molecule has 0 aliphatic carbocycles. The number of ether oxygens (including phenoxy) is 1. The van der Waals surface area contributed by atoms with Gasteiger partial charge < -0.3 is 9.64 Å². The second-order valence-corrected chi connectivity index (χ2v) is 4.34. The minimum absolute atomic E-state index is 0.287. The van der Waals surface area contributed by atoms with Crippen molar-refractivity contribution in [1.82, 2.24) is 4.90 Å². The Morgan fingerprint density at radius 2 is 2.08 bits per heavy atom. The van der Waals surface area contributed by atoms with E-state index in [2.05, 4.69) is 0 Å². The van der Waals surface area contributed by atoms with Gasteiger partial charge in [0.1, 0.15) is 11.7 Å². The van der Waals surface area contributed by atoms with Crippen LogP contribution in [0.2, 0.25) is 0 Å². The summed E-state index contributed by atoms with van der Waals surface area (Å²) in [5, 5.41) is 11.0. The second-order valence-electron chi connectivity index (χ2n) is 4.34. The average Bonchev–Trinajstić information content (AvgIpc) is 2.31. The molecular formula is C9H16NO3. The highest BCUT2D eigenvalue weighted by Crippen LogP contribution is 2.14. The highest BCUT2D eigenvalue weighted by atomic mass is 16.6. The van der Waals surface area contributed by atoms with E-state index >= 15 is 0 Å². The molecule has 1 aliphatic heterocycles. The van der Waals surface area contributed by atoms with E-state index in [0.29, 0.717) is 13.0 Å². The van der Waals surface area contributed by atoms with Gasteiger partial charge in [-0.25, -0.2) is 9.90 Å². The third-order valence-corrected chi connectivity index (χ3v) is 1.80. The molecular weight excluding hydrogens is 170 g/mol. The Hall–Kier alpha value is -0.770. The van der Waals surface area contributed by atoms with Gasteiger partial charge in [0.15, 0.2) is 0 Å². The lowest BCUT2D eigenvalue weighted by Gasteiger charge is -2.23. The predicted octanol–water partition coefficient (Wildman–Crippen LogP) is 1.43. The molecule has 0 spiro atoms. The summed E-state index contributed by atoms with van der Waals surface area (Å²) in [6.07, 6.45) is -0.461. The summed E-state index contributed by atoms with van der Waals surface area (Å²) in [4.78, 5) is 12.8. The number of rotatable bonds is 0. The maximum atomic E-state index is 11.4. The van der Waals surface area contributed by atoms with Crippen LogP contribution in [0.15, 0.2) is 0 Å². The normalized spacial score (nSPS) is 23.4. The van der Waals surface area contributed by atoms with Crippen LogP contribution < -0.4 is 0 Å². The average molecular weight is 186 g/mol. The third kappa shape index (κ3) is 3.22. The number of hydrogen-bond donors (Lipinski definition) is 0. The van der Waals surface area contributed by atoms with Crippen molar-refractivity contribution in [3.63, 3.8) is 0 Å². The van der Waals surface area contributed by atoms with Gasteiger partial charge in [-0.15, -0.1) is 0 Å². The molecule has 0 bridgehead atoms. The lowest BCUT2D eigenvalue weighted by Crippen LogP contribution is -2.35. The van der Waals surface area contributed by atoms with Gasteiger partial charge in [-0.05, 0) is 27.2 Å². The van der Waals surface area contributed by atoms with Gasteiger partial charge in [-0.3, -0.25) is 0 Å². The van der Waals surface area contributed by atoms with E-state index in [0.717, 1.165) is 0 Å². The minimum atomic E-state index is -0.632. The molecule has 1 rings (SSSR count). The molecule has 4 nitrogen and oxygen atoms in total. The van der Waals surface area contributed by atoms with Crippen molar-refractivity contribution in [2.24, 2.45) is 0 Å². The molecule has 1 heterocycles. The number of likely N-dealkylation sites (tertiary alicyclic amines) is 1. The van der Waals surface area contributed by atoms with Crippen molar-refractivity contribution in [3.05, 3.63) is 0 Å². The Morgan fingerprint density at radius 3 is 2.46 bits per heavy atom. The maximum absolute atomic E-state index is 11.4. The van der Waals surface area contributed by atoms with E-state index in [4.69, 9.17) is 4.74 Å². The lowest BCUT2D eigenvalue weighted by molar-refractivity contribution is 0.0240. The zero-order valence-electron chi connectivity index (χ0n) is 8.37. The summed E-state index contributed by atoms with van der Waals surface area (Å²) in [5.74, 6) is 0. The zero-order valence-corrected chi connectivity index (χ0v) is 8.37. The van der Waals surface area contributed by atoms with Crippen LogP contribution in [0, 0.1) is 0 Å². The summed E-state index contributed by atoms with van der Waals surface area (Å²) < 4.78 is 5.12. The molecule has 1 fully saturated rings. The fourth-order valence-corrected chi connectivity index (χ4v) is 1.22. The molecule has 1 amide bonds. The van der Waals surface area contributed by atoms with Crippen molar-refractivity contribution in [2.45, 2.75) is 38.9 Å². The van der Waals surface area contributed by atoms with E-state index < -0.39 is 11.7 Å². The molecule has 75 valence electrons. The Bertz CT molecular complexity index is 198. The fraction of sp³-hybridized carbons (Fsp3) is 0.889. The summed E-state index contributed by atoms with van der Waals surface area (Å²) in [5.41, 5.74) is -0.474. The van der Waals surface area contributed by atoms with Crippen LogP contribution in [0.3, 0.4) is 0 Å². The SMILES string of the molecule is CC(C)(C)OC(=O)N1CC[C@H]([O])C1. The zero-order chi connectivity index (χ0) is 10.1. The molecule has 13 heavy (non-hydrogen) atoms. The van der Waals surface area contributed by atoms with Gasteiger partial charge >= 0.3 is 6.09 Å². The van der Waals surface area contributed by atoms with Crippen LogP contribution in [0.1, 0.15) is 27.2 Å². The van der Waals surface area contributed by atoms with Crippen molar-refractivity contribution < 1.29 is 14.6 Å². The van der Waals surface area contributed by atoms with Gasteiger partial charge in [0.2, 0.25) is 0 Å². The molecule has 1 saturated heterocycles. The molecule has 0 aromatic heterocycles. The highest BCUT2D eigenvalue weighted by molar-refractivity contribution is 5.68. The first-order valence-corrected chi connectivity index (χ1v) is 4.52. The Balaban J connectivity index is 2.41. The molecule has 1 atom stereocenters. The maximum Gasteiger partial charge on any atom is 0.410 e.